The van der Waals surface area contributed by atoms with Gasteiger partial charge in [-0.15, -0.1) is 0 Å². The highest BCUT2D eigenvalue weighted by atomic mass is 19.1. The van der Waals surface area contributed by atoms with Crippen molar-refractivity contribution in [2.24, 2.45) is 11.3 Å². The van der Waals surface area contributed by atoms with E-state index in [2.05, 4.69) is 19.2 Å². The fourth-order valence-electron chi connectivity index (χ4n) is 4.52. The van der Waals surface area contributed by atoms with Crippen molar-refractivity contribution in [2.75, 3.05) is 31.6 Å². The number of nitrogens with zero attached hydrogens (tertiary/aromatic N) is 2. The zero-order valence-corrected chi connectivity index (χ0v) is 20.3. The second-order valence-electron chi connectivity index (χ2n) is 9.77. The molecule has 194 valence electrons. The molecule has 1 atom stereocenters. The lowest BCUT2D eigenvalue weighted by atomic mass is 9.82. The van der Waals surface area contributed by atoms with Crippen LogP contribution in [0.1, 0.15) is 43.1 Å². The van der Waals surface area contributed by atoms with Gasteiger partial charge in [-0.2, -0.15) is 0 Å². The van der Waals surface area contributed by atoms with E-state index >= 15 is 4.39 Å². The van der Waals surface area contributed by atoms with Crippen LogP contribution in [-0.4, -0.2) is 64.5 Å². The van der Waals surface area contributed by atoms with Crippen LogP contribution in [0, 0.1) is 17.2 Å². The maximum atomic E-state index is 15.0. The number of nitrogens with one attached hydrogen (secondary N) is 1. The SMILES string of the molecule is CNCC1CN(c2cc3c(cc2F)c(=O)c(C(=O)O)cn3C2CC2)CC1(C)C.O=C(O)/C=C\C(=O)O. The van der Waals surface area contributed by atoms with Gasteiger partial charge >= 0.3 is 17.9 Å². The number of pyridine rings is 1. The van der Waals surface area contributed by atoms with Crippen LogP contribution in [0.25, 0.3) is 10.9 Å². The molecule has 2 fully saturated rings. The first kappa shape index (κ1) is 26.9. The average Bonchev–Trinajstić information content (AvgIpc) is 3.58. The van der Waals surface area contributed by atoms with E-state index in [1.165, 1.54) is 12.3 Å². The fraction of sp³-hybridized carbons (Fsp3) is 0.440. The number of aromatic nitrogens is 1. The van der Waals surface area contributed by atoms with E-state index in [0.717, 1.165) is 32.5 Å². The Hall–Kier alpha value is -3.73. The molecule has 0 spiro atoms. The van der Waals surface area contributed by atoms with E-state index < -0.39 is 29.2 Å². The molecule has 2 heterocycles. The van der Waals surface area contributed by atoms with Gasteiger partial charge in [0, 0.05) is 42.9 Å². The lowest BCUT2D eigenvalue weighted by Gasteiger charge is -2.25. The number of aliphatic carboxylic acids is 2. The van der Waals surface area contributed by atoms with Gasteiger partial charge in [0.2, 0.25) is 5.43 Å². The van der Waals surface area contributed by atoms with Crippen LogP contribution < -0.4 is 15.6 Å². The molecule has 0 amide bonds. The van der Waals surface area contributed by atoms with Gasteiger partial charge in [0.15, 0.2) is 0 Å². The molecule has 36 heavy (non-hydrogen) atoms. The minimum Gasteiger partial charge on any atom is -0.478 e. The van der Waals surface area contributed by atoms with Crippen molar-refractivity contribution >= 4 is 34.5 Å². The smallest absolute Gasteiger partial charge is 0.341 e. The molecule has 1 aliphatic heterocycles. The molecule has 4 rings (SSSR count). The van der Waals surface area contributed by atoms with Crippen LogP contribution >= 0.6 is 0 Å². The Morgan fingerprint density at radius 3 is 2.25 bits per heavy atom. The van der Waals surface area contributed by atoms with Gasteiger partial charge in [-0.05, 0) is 49.9 Å². The summed E-state index contributed by atoms with van der Waals surface area (Å²) in [4.78, 5) is 45.2. The largest absolute Gasteiger partial charge is 0.478 e. The van der Waals surface area contributed by atoms with Crippen molar-refractivity contribution in [3.05, 3.63) is 52.1 Å². The highest BCUT2D eigenvalue weighted by Crippen LogP contribution is 2.41. The molecule has 1 saturated heterocycles. The van der Waals surface area contributed by atoms with Crippen LogP contribution in [0.2, 0.25) is 0 Å². The Morgan fingerprint density at radius 2 is 1.75 bits per heavy atom. The normalized spacial score (nSPS) is 18.8. The lowest BCUT2D eigenvalue weighted by molar-refractivity contribution is -0.134. The molecule has 1 aromatic carbocycles. The highest BCUT2D eigenvalue weighted by molar-refractivity contribution is 5.93. The molecule has 0 bridgehead atoms. The van der Waals surface area contributed by atoms with E-state index in [0.29, 0.717) is 29.3 Å². The number of carbonyl (C=O) groups is 3. The van der Waals surface area contributed by atoms with Crippen molar-refractivity contribution in [2.45, 2.75) is 32.7 Å². The van der Waals surface area contributed by atoms with Crippen molar-refractivity contribution in [1.29, 1.82) is 0 Å². The second-order valence-corrected chi connectivity index (χ2v) is 9.77. The van der Waals surface area contributed by atoms with Gasteiger partial charge in [0.1, 0.15) is 11.4 Å². The molecular formula is C25H30FN3O7. The molecule has 1 aromatic heterocycles. The van der Waals surface area contributed by atoms with Crippen molar-refractivity contribution in [1.82, 2.24) is 9.88 Å². The quantitative estimate of drug-likeness (QED) is 0.418. The Morgan fingerprint density at radius 1 is 1.14 bits per heavy atom. The summed E-state index contributed by atoms with van der Waals surface area (Å²) in [5, 5.41) is 28.3. The maximum absolute atomic E-state index is 15.0. The van der Waals surface area contributed by atoms with E-state index in [4.69, 9.17) is 10.2 Å². The van der Waals surface area contributed by atoms with Gasteiger partial charge in [-0.3, -0.25) is 4.79 Å². The van der Waals surface area contributed by atoms with Crippen molar-refractivity contribution < 1.29 is 34.1 Å². The number of carboxylic acid groups (broad SMARTS) is 3. The zero-order chi connectivity index (χ0) is 26.8. The van der Waals surface area contributed by atoms with Gasteiger partial charge in [-0.25, -0.2) is 18.8 Å². The van der Waals surface area contributed by atoms with Gasteiger partial charge in [0.05, 0.1) is 11.2 Å². The van der Waals surface area contributed by atoms with Crippen molar-refractivity contribution in [3.63, 3.8) is 0 Å². The second kappa shape index (κ2) is 10.5. The summed E-state index contributed by atoms with van der Waals surface area (Å²) in [5.41, 5.74) is 0.204. The van der Waals surface area contributed by atoms with Crippen molar-refractivity contribution in [3.8, 4) is 0 Å². The van der Waals surface area contributed by atoms with E-state index in [-0.39, 0.29) is 22.4 Å². The monoisotopic (exact) mass is 503 g/mol. The number of fused-ring (bicyclic) bond motifs is 1. The predicted octanol–water partition coefficient (Wildman–Crippen LogP) is 2.57. The van der Waals surface area contributed by atoms with E-state index in [9.17, 15) is 24.3 Å². The number of rotatable bonds is 7. The molecule has 0 radical (unpaired) electrons. The number of carboxylic acids is 3. The predicted molar refractivity (Wildman–Crippen MR) is 131 cm³/mol. The summed E-state index contributed by atoms with van der Waals surface area (Å²) in [6.07, 6.45) is 4.41. The summed E-state index contributed by atoms with van der Waals surface area (Å²) < 4.78 is 16.9. The Bertz CT molecular complexity index is 1260. The third-order valence-corrected chi connectivity index (χ3v) is 6.58. The third kappa shape index (κ3) is 5.91. The lowest BCUT2D eigenvalue weighted by Crippen LogP contribution is -2.30. The van der Waals surface area contributed by atoms with Gasteiger partial charge < -0.3 is 30.1 Å². The first-order chi connectivity index (χ1) is 16.9. The fourth-order valence-corrected chi connectivity index (χ4v) is 4.52. The van der Waals surface area contributed by atoms with Crippen LogP contribution in [0.5, 0.6) is 0 Å². The first-order valence-corrected chi connectivity index (χ1v) is 11.5. The summed E-state index contributed by atoms with van der Waals surface area (Å²) in [6, 6.07) is 3.12. The molecule has 10 nitrogen and oxygen atoms in total. The molecule has 1 unspecified atom stereocenters. The molecule has 2 aromatic rings. The molecule has 4 N–H and O–H groups in total. The van der Waals surface area contributed by atoms with Gasteiger partial charge in [0.25, 0.3) is 0 Å². The number of aromatic carboxylic acids is 1. The van der Waals surface area contributed by atoms with E-state index in [1.807, 2.05) is 16.5 Å². The minimum atomic E-state index is -1.28. The summed E-state index contributed by atoms with van der Waals surface area (Å²) >= 11 is 0. The number of anilines is 1. The topological polar surface area (TPSA) is 149 Å². The molecular weight excluding hydrogens is 473 g/mol. The maximum Gasteiger partial charge on any atom is 0.341 e. The van der Waals surface area contributed by atoms with Gasteiger partial charge in [-0.1, -0.05) is 13.8 Å². The average molecular weight is 504 g/mol. The molecule has 11 heteroatoms. The van der Waals surface area contributed by atoms with Crippen LogP contribution in [0.15, 0.2) is 35.3 Å². The number of hydrogen-bond donors (Lipinski definition) is 4. The number of hydrogen-bond acceptors (Lipinski definition) is 6. The zero-order valence-electron chi connectivity index (χ0n) is 20.3. The number of benzene rings is 1. The summed E-state index contributed by atoms with van der Waals surface area (Å²) in [7, 11) is 1.92. The molecule has 2 aliphatic rings. The van der Waals surface area contributed by atoms with E-state index in [1.54, 1.807) is 6.07 Å². The standard InChI is InChI=1S/C21H26FN3O3.C4H4O4/c1-21(2)11-24(9-12(21)8-23-3)18-7-17-14(6-16(18)22)19(26)15(20(27)28)10-25(17)13-4-5-13;5-3(6)1-2-4(7)8/h6-7,10,12-13,23H,4-5,8-9,11H2,1-3H3,(H,27,28);1-2H,(H,5,6)(H,7,8)/b;2-1-. The Labute approximate surface area is 206 Å². The minimum absolute atomic E-state index is 0.0354. The number of halogens is 1. The summed E-state index contributed by atoms with van der Waals surface area (Å²) in [5.74, 6) is -3.88. The molecule has 1 aliphatic carbocycles. The van der Waals surface area contributed by atoms with Crippen LogP contribution in [0.4, 0.5) is 10.1 Å². The van der Waals surface area contributed by atoms with Crippen LogP contribution in [0.3, 0.4) is 0 Å². The third-order valence-electron chi connectivity index (χ3n) is 6.58. The van der Waals surface area contributed by atoms with Crippen LogP contribution in [-0.2, 0) is 9.59 Å². The summed E-state index contributed by atoms with van der Waals surface area (Å²) in [6.45, 7) is 6.69. The Kier molecular flexibility index (Phi) is 7.83. The Balaban J connectivity index is 0.000000392. The first-order valence-electron chi connectivity index (χ1n) is 11.5. The molecule has 1 saturated carbocycles. The highest BCUT2D eigenvalue weighted by Gasteiger charge is 2.40.